The highest BCUT2D eigenvalue weighted by atomic mass is 32.2. The van der Waals surface area contributed by atoms with Crippen LogP contribution in [-0.4, -0.2) is 28.0 Å². The van der Waals surface area contributed by atoms with Crippen LogP contribution in [0.2, 0.25) is 0 Å². The number of aryl methyl sites for hydroxylation is 2. The summed E-state index contributed by atoms with van der Waals surface area (Å²) in [6.45, 7) is 3.39. The predicted molar refractivity (Wildman–Crippen MR) is 119 cm³/mol. The van der Waals surface area contributed by atoms with E-state index in [0.717, 1.165) is 15.4 Å². The summed E-state index contributed by atoms with van der Waals surface area (Å²) in [5, 5.41) is 2.74. The summed E-state index contributed by atoms with van der Waals surface area (Å²) in [6.07, 6.45) is 0. The molecule has 3 aromatic carbocycles. The molecule has 0 bridgehead atoms. The van der Waals surface area contributed by atoms with Crippen molar-refractivity contribution in [1.82, 2.24) is 0 Å². The SMILES string of the molecule is COc1cccc(NC(=O)CN(c2cccc(C)c2)S(=O)(=O)c2ccc(C)cc2)c1. The minimum atomic E-state index is -3.94. The summed E-state index contributed by atoms with van der Waals surface area (Å²) in [5.41, 5.74) is 2.80. The van der Waals surface area contributed by atoms with E-state index in [1.165, 1.54) is 7.11 Å². The first kappa shape index (κ1) is 21.4. The maximum Gasteiger partial charge on any atom is 0.264 e. The Kier molecular flexibility index (Phi) is 6.42. The average molecular weight is 425 g/mol. The fraction of sp³-hybridized carbons (Fsp3) is 0.174. The van der Waals surface area contributed by atoms with Gasteiger partial charge in [0, 0.05) is 11.8 Å². The fourth-order valence-corrected chi connectivity index (χ4v) is 4.38. The Bertz CT molecular complexity index is 1140. The van der Waals surface area contributed by atoms with Crippen molar-refractivity contribution in [3.05, 3.63) is 83.9 Å². The Labute approximate surface area is 177 Å². The molecular weight excluding hydrogens is 400 g/mol. The molecule has 0 aliphatic heterocycles. The maximum atomic E-state index is 13.4. The van der Waals surface area contributed by atoms with Gasteiger partial charge in [-0.1, -0.05) is 35.9 Å². The number of carbonyl (C=O) groups excluding carboxylic acids is 1. The van der Waals surface area contributed by atoms with E-state index in [2.05, 4.69) is 5.32 Å². The molecule has 0 aromatic heterocycles. The van der Waals surface area contributed by atoms with Crippen molar-refractivity contribution in [2.24, 2.45) is 0 Å². The number of amides is 1. The van der Waals surface area contributed by atoms with Crippen molar-refractivity contribution in [1.29, 1.82) is 0 Å². The van der Waals surface area contributed by atoms with E-state index < -0.39 is 15.9 Å². The summed E-state index contributed by atoms with van der Waals surface area (Å²) >= 11 is 0. The lowest BCUT2D eigenvalue weighted by atomic mass is 10.2. The molecule has 0 aliphatic carbocycles. The van der Waals surface area contributed by atoms with Crippen LogP contribution in [0.5, 0.6) is 5.75 Å². The summed E-state index contributed by atoms with van der Waals surface area (Å²) in [6, 6.07) is 20.5. The topological polar surface area (TPSA) is 75.7 Å². The number of anilines is 2. The van der Waals surface area contributed by atoms with E-state index >= 15 is 0 Å². The first-order chi connectivity index (χ1) is 14.3. The molecular formula is C23H24N2O4S. The number of carbonyl (C=O) groups is 1. The van der Waals surface area contributed by atoms with Crippen LogP contribution < -0.4 is 14.4 Å². The molecule has 7 heteroatoms. The van der Waals surface area contributed by atoms with E-state index in [1.54, 1.807) is 66.7 Å². The number of hydrogen-bond acceptors (Lipinski definition) is 4. The number of nitrogens with zero attached hydrogens (tertiary/aromatic N) is 1. The van der Waals surface area contributed by atoms with Gasteiger partial charge in [0.25, 0.3) is 10.0 Å². The Hall–Kier alpha value is -3.32. The number of sulfonamides is 1. The fourth-order valence-electron chi connectivity index (χ4n) is 2.97. The summed E-state index contributed by atoms with van der Waals surface area (Å²) in [5.74, 6) is 0.135. The van der Waals surface area contributed by atoms with Gasteiger partial charge in [0.15, 0.2) is 0 Å². The molecule has 3 aromatic rings. The molecule has 0 saturated heterocycles. The summed E-state index contributed by atoms with van der Waals surface area (Å²) in [4.78, 5) is 12.9. The Balaban J connectivity index is 1.93. The predicted octanol–water partition coefficient (Wildman–Crippen LogP) is 4.15. The molecule has 0 unspecified atom stereocenters. The molecule has 1 amide bonds. The van der Waals surface area contributed by atoms with Crippen LogP contribution in [0.1, 0.15) is 11.1 Å². The van der Waals surface area contributed by atoms with Crippen LogP contribution in [0, 0.1) is 13.8 Å². The zero-order valence-electron chi connectivity index (χ0n) is 17.1. The zero-order chi connectivity index (χ0) is 21.7. The Morgan fingerprint density at radius 2 is 1.63 bits per heavy atom. The molecule has 0 heterocycles. The zero-order valence-corrected chi connectivity index (χ0v) is 17.9. The molecule has 30 heavy (non-hydrogen) atoms. The smallest absolute Gasteiger partial charge is 0.264 e. The van der Waals surface area contributed by atoms with Crippen LogP contribution in [0.15, 0.2) is 77.7 Å². The highest BCUT2D eigenvalue weighted by Gasteiger charge is 2.27. The molecule has 156 valence electrons. The third-order valence-electron chi connectivity index (χ3n) is 4.54. The number of methoxy groups -OCH3 is 1. The summed E-state index contributed by atoms with van der Waals surface area (Å²) in [7, 11) is -2.40. The first-order valence-corrected chi connectivity index (χ1v) is 10.8. The molecule has 0 radical (unpaired) electrons. The van der Waals surface area contributed by atoms with Crippen LogP contribution >= 0.6 is 0 Å². The molecule has 3 rings (SSSR count). The number of ether oxygens (including phenoxy) is 1. The normalized spacial score (nSPS) is 11.0. The van der Waals surface area contributed by atoms with Gasteiger partial charge in [-0.25, -0.2) is 8.42 Å². The number of rotatable bonds is 7. The van der Waals surface area contributed by atoms with Gasteiger partial charge in [0.1, 0.15) is 12.3 Å². The second kappa shape index (κ2) is 9.00. The average Bonchev–Trinajstić information content (AvgIpc) is 2.72. The van der Waals surface area contributed by atoms with Crippen LogP contribution in [0.25, 0.3) is 0 Å². The minimum Gasteiger partial charge on any atom is -0.497 e. The molecule has 0 fully saturated rings. The Morgan fingerprint density at radius 1 is 0.933 bits per heavy atom. The van der Waals surface area contributed by atoms with Crippen molar-refractivity contribution >= 4 is 27.3 Å². The lowest BCUT2D eigenvalue weighted by Gasteiger charge is -2.24. The largest absolute Gasteiger partial charge is 0.497 e. The quantitative estimate of drug-likeness (QED) is 0.618. The number of benzene rings is 3. The van der Waals surface area contributed by atoms with Crippen molar-refractivity contribution in [3.8, 4) is 5.75 Å². The van der Waals surface area contributed by atoms with Gasteiger partial charge in [-0.05, 0) is 55.8 Å². The second-order valence-electron chi connectivity index (χ2n) is 6.94. The van der Waals surface area contributed by atoms with E-state index in [-0.39, 0.29) is 11.4 Å². The Morgan fingerprint density at radius 3 is 2.30 bits per heavy atom. The molecule has 6 nitrogen and oxygen atoms in total. The van der Waals surface area contributed by atoms with Gasteiger partial charge < -0.3 is 10.1 Å². The standard InChI is InChI=1S/C23H24N2O4S/c1-17-10-12-22(13-11-17)30(27,28)25(20-8-4-6-18(2)14-20)16-23(26)24-19-7-5-9-21(15-19)29-3/h4-15H,16H2,1-3H3,(H,24,26). The lowest BCUT2D eigenvalue weighted by molar-refractivity contribution is -0.114. The molecule has 0 saturated carbocycles. The van der Waals surface area contributed by atoms with Crippen molar-refractivity contribution in [3.63, 3.8) is 0 Å². The highest BCUT2D eigenvalue weighted by Crippen LogP contribution is 2.25. The van der Waals surface area contributed by atoms with Crippen molar-refractivity contribution < 1.29 is 17.9 Å². The summed E-state index contributed by atoms with van der Waals surface area (Å²) < 4.78 is 33.0. The van der Waals surface area contributed by atoms with Gasteiger partial charge in [-0.3, -0.25) is 9.10 Å². The van der Waals surface area contributed by atoms with E-state index in [1.807, 2.05) is 19.9 Å². The van der Waals surface area contributed by atoms with E-state index in [4.69, 9.17) is 4.74 Å². The van der Waals surface area contributed by atoms with E-state index in [0.29, 0.717) is 17.1 Å². The van der Waals surface area contributed by atoms with Crippen LogP contribution in [-0.2, 0) is 14.8 Å². The minimum absolute atomic E-state index is 0.129. The van der Waals surface area contributed by atoms with Gasteiger partial charge in [0.2, 0.25) is 5.91 Å². The van der Waals surface area contributed by atoms with Crippen molar-refractivity contribution in [2.45, 2.75) is 18.7 Å². The van der Waals surface area contributed by atoms with E-state index in [9.17, 15) is 13.2 Å². The van der Waals surface area contributed by atoms with Gasteiger partial charge in [0.05, 0.1) is 17.7 Å². The second-order valence-corrected chi connectivity index (χ2v) is 8.81. The molecule has 0 aliphatic rings. The number of nitrogens with one attached hydrogen (secondary N) is 1. The molecule has 1 N–H and O–H groups in total. The van der Waals surface area contributed by atoms with Gasteiger partial charge in [-0.2, -0.15) is 0 Å². The third-order valence-corrected chi connectivity index (χ3v) is 6.33. The number of hydrogen-bond donors (Lipinski definition) is 1. The lowest BCUT2D eigenvalue weighted by Crippen LogP contribution is -2.38. The van der Waals surface area contributed by atoms with Gasteiger partial charge in [-0.15, -0.1) is 0 Å². The monoisotopic (exact) mass is 424 g/mol. The highest BCUT2D eigenvalue weighted by molar-refractivity contribution is 7.92. The molecule has 0 atom stereocenters. The van der Waals surface area contributed by atoms with Crippen LogP contribution in [0.4, 0.5) is 11.4 Å². The molecule has 0 spiro atoms. The first-order valence-electron chi connectivity index (χ1n) is 9.39. The van der Waals surface area contributed by atoms with Gasteiger partial charge >= 0.3 is 0 Å². The third kappa shape index (κ3) is 4.99. The maximum absolute atomic E-state index is 13.4. The van der Waals surface area contributed by atoms with Crippen molar-refractivity contribution in [2.75, 3.05) is 23.3 Å². The van der Waals surface area contributed by atoms with Crippen LogP contribution in [0.3, 0.4) is 0 Å².